The fourth-order valence-corrected chi connectivity index (χ4v) is 3.75. The summed E-state index contributed by atoms with van der Waals surface area (Å²) in [6.07, 6.45) is -0.321. The van der Waals surface area contributed by atoms with E-state index >= 15 is 0 Å². The summed E-state index contributed by atoms with van der Waals surface area (Å²) in [5.41, 5.74) is 0.939. The largest absolute Gasteiger partial charge is 0.391 e. The summed E-state index contributed by atoms with van der Waals surface area (Å²) >= 11 is 0. The lowest BCUT2D eigenvalue weighted by Gasteiger charge is -2.26. The van der Waals surface area contributed by atoms with Crippen LogP contribution in [0.1, 0.15) is 30.6 Å². The molecular formula is C18H21NO4S. The Bertz CT molecular complexity index is 786. The van der Waals surface area contributed by atoms with Gasteiger partial charge in [0, 0.05) is 5.56 Å². The number of rotatable bonds is 7. The molecule has 0 saturated carbocycles. The van der Waals surface area contributed by atoms with Crippen LogP contribution in [-0.2, 0) is 10.0 Å². The van der Waals surface area contributed by atoms with Gasteiger partial charge in [-0.3, -0.25) is 9.10 Å². The maximum absolute atomic E-state index is 13.0. The normalized spacial score (nSPS) is 12.6. The molecule has 6 heteroatoms. The Hall–Kier alpha value is -2.18. The van der Waals surface area contributed by atoms with E-state index < -0.39 is 16.1 Å². The predicted molar refractivity (Wildman–Crippen MR) is 93.7 cm³/mol. The lowest BCUT2D eigenvalue weighted by Crippen LogP contribution is -2.37. The van der Waals surface area contributed by atoms with E-state index in [4.69, 9.17) is 0 Å². The standard InChI is InChI=1S/C18H21NO4S/c1-3-17(21)13-19(16-7-5-4-6-8-16)24(22,23)18-11-9-15(10-12-18)14(2)20/h4-12,17,21H,3,13H2,1-2H3. The number of aliphatic hydroxyl groups is 1. The molecule has 0 saturated heterocycles. The third-order valence-electron chi connectivity index (χ3n) is 3.74. The minimum atomic E-state index is -3.84. The molecule has 0 heterocycles. The highest BCUT2D eigenvalue weighted by Gasteiger charge is 2.26. The summed E-state index contributed by atoms with van der Waals surface area (Å²) in [5.74, 6) is -0.125. The molecule has 0 amide bonds. The molecule has 1 N–H and O–H groups in total. The first-order valence-corrected chi connectivity index (χ1v) is 9.17. The lowest BCUT2D eigenvalue weighted by molar-refractivity contribution is 0.101. The third kappa shape index (κ3) is 4.01. The fourth-order valence-electron chi connectivity index (χ4n) is 2.25. The van der Waals surface area contributed by atoms with Crippen LogP contribution in [-0.4, -0.2) is 32.0 Å². The number of nitrogens with zero attached hydrogens (tertiary/aromatic N) is 1. The van der Waals surface area contributed by atoms with Crippen LogP contribution in [0.15, 0.2) is 59.5 Å². The molecule has 0 aliphatic heterocycles. The highest BCUT2D eigenvalue weighted by atomic mass is 32.2. The van der Waals surface area contributed by atoms with Gasteiger partial charge in [0.2, 0.25) is 0 Å². The minimum absolute atomic E-state index is 0.0304. The number of anilines is 1. The van der Waals surface area contributed by atoms with Crippen LogP contribution in [0.2, 0.25) is 0 Å². The van der Waals surface area contributed by atoms with Crippen LogP contribution < -0.4 is 4.31 Å². The first-order valence-electron chi connectivity index (χ1n) is 7.73. The molecule has 2 aromatic carbocycles. The van der Waals surface area contributed by atoms with Gasteiger partial charge in [-0.1, -0.05) is 37.3 Å². The van der Waals surface area contributed by atoms with Crippen LogP contribution in [0.4, 0.5) is 5.69 Å². The summed E-state index contributed by atoms with van der Waals surface area (Å²) in [4.78, 5) is 11.4. The molecule has 0 bridgehead atoms. The number of carbonyl (C=O) groups excluding carboxylic acids is 1. The number of aliphatic hydroxyl groups excluding tert-OH is 1. The van der Waals surface area contributed by atoms with Crippen molar-refractivity contribution in [3.63, 3.8) is 0 Å². The van der Waals surface area contributed by atoms with Crippen molar-refractivity contribution in [1.29, 1.82) is 0 Å². The van der Waals surface area contributed by atoms with Gasteiger partial charge in [-0.2, -0.15) is 0 Å². The van der Waals surface area contributed by atoms with Gasteiger partial charge in [-0.15, -0.1) is 0 Å². The second-order valence-corrected chi connectivity index (χ2v) is 7.38. The van der Waals surface area contributed by atoms with Crippen molar-refractivity contribution in [3.8, 4) is 0 Å². The van der Waals surface area contributed by atoms with E-state index in [1.54, 1.807) is 37.3 Å². The highest BCUT2D eigenvalue weighted by molar-refractivity contribution is 7.92. The number of sulfonamides is 1. The molecule has 5 nitrogen and oxygen atoms in total. The highest BCUT2D eigenvalue weighted by Crippen LogP contribution is 2.24. The van der Waals surface area contributed by atoms with Crippen molar-refractivity contribution in [3.05, 3.63) is 60.2 Å². The Morgan fingerprint density at radius 1 is 1.08 bits per heavy atom. The number of para-hydroxylation sites is 1. The smallest absolute Gasteiger partial charge is 0.264 e. The van der Waals surface area contributed by atoms with Gasteiger partial charge in [0.15, 0.2) is 5.78 Å². The van der Waals surface area contributed by atoms with E-state index in [2.05, 4.69) is 0 Å². The molecule has 2 aromatic rings. The van der Waals surface area contributed by atoms with Crippen LogP contribution in [0.3, 0.4) is 0 Å². The van der Waals surface area contributed by atoms with Crippen LogP contribution >= 0.6 is 0 Å². The molecule has 0 aromatic heterocycles. The number of ketones is 1. The molecule has 1 atom stereocenters. The number of hydrogen-bond donors (Lipinski definition) is 1. The number of hydrogen-bond acceptors (Lipinski definition) is 4. The predicted octanol–water partition coefficient (Wildman–Crippen LogP) is 2.86. The number of benzene rings is 2. The van der Waals surface area contributed by atoms with Gasteiger partial charge in [0.05, 0.1) is 23.2 Å². The van der Waals surface area contributed by atoms with Crippen LogP contribution in [0.25, 0.3) is 0 Å². The average molecular weight is 347 g/mol. The van der Waals surface area contributed by atoms with E-state index in [0.29, 0.717) is 17.7 Å². The zero-order valence-corrected chi connectivity index (χ0v) is 14.5. The first kappa shape index (κ1) is 18.2. The van der Waals surface area contributed by atoms with Gasteiger partial charge in [0.1, 0.15) is 0 Å². The van der Waals surface area contributed by atoms with Gasteiger partial charge in [0.25, 0.3) is 10.0 Å². The third-order valence-corrected chi connectivity index (χ3v) is 5.55. The second-order valence-electron chi connectivity index (χ2n) is 5.51. The fraction of sp³-hybridized carbons (Fsp3) is 0.278. The zero-order valence-electron chi connectivity index (χ0n) is 13.7. The Morgan fingerprint density at radius 3 is 2.17 bits per heavy atom. The quantitative estimate of drug-likeness (QED) is 0.782. The molecule has 0 aliphatic rings. The number of Topliss-reactive ketones (excluding diaryl/α,β-unsaturated/α-hetero) is 1. The Labute approximate surface area is 142 Å². The summed E-state index contributed by atoms with van der Waals surface area (Å²) in [6.45, 7) is 3.19. The van der Waals surface area contributed by atoms with Crippen molar-refractivity contribution in [2.24, 2.45) is 0 Å². The first-order chi connectivity index (χ1) is 11.4. The molecule has 0 aliphatic carbocycles. The molecular weight excluding hydrogens is 326 g/mol. The summed E-state index contributed by atoms with van der Waals surface area (Å²) in [6, 6.07) is 14.5. The molecule has 128 valence electrons. The van der Waals surface area contributed by atoms with Crippen molar-refractivity contribution in [2.45, 2.75) is 31.3 Å². The zero-order chi connectivity index (χ0) is 17.7. The summed E-state index contributed by atoms with van der Waals surface area (Å²) in [7, 11) is -3.84. The average Bonchev–Trinajstić information content (AvgIpc) is 2.60. The van der Waals surface area contributed by atoms with E-state index in [-0.39, 0.29) is 17.2 Å². The molecule has 0 spiro atoms. The van der Waals surface area contributed by atoms with Gasteiger partial charge < -0.3 is 5.11 Å². The second kappa shape index (κ2) is 7.59. The number of carbonyl (C=O) groups is 1. The van der Waals surface area contributed by atoms with Crippen molar-refractivity contribution in [1.82, 2.24) is 0 Å². The minimum Gasteiger partial charge on any atom is -0.391 e. The molecule has 24 heavy (non-hydrogen) atoms. The Balaban J connectivity index is 2.45. The van der Waals surface area contributed by atoms with E-state index in [1.165, 1.54) is 35.5 Å². The maximum Gasteiger partial charge on any atom is 0.264 e. The van der Waals surface area contributed by atoms with Gasteiger partial charge >= 0.3 is 0 Å². The van der Waals surface area contributed by atoms with Crippen molar-refractivity contribution >= 4 is 21.5 Å². The Kier molecular flexibility index (Phi) is 5.75. The van der Waals surface area contributed by atoms with Gasteiger partial charge in [-0.25, -0.2) is 8.42 Å². The van der Waals surface area contributed by atoms with Gasteiger partial charge in [-0.05, 0) is 37.6 Å². The Morgan fingerprint density at radius 2 is 1.67 bits per heavy atom. The monoisotopic (exact) mass is 347 g/mol. The maximum atomic E-state index is 13.0. The summed E-state index contributed by atoms with van der Waals surface area (Å²) in [5, 5.41) is 9.97. The lowest BCUT2D eigenvalue weighted by atomic mass is 10.2. The van der Waals surface area contributed by atoms with Crippen molar-refractivity contribution in [2.75, 3.05) is 10.8 Å². The molecule has 2 rings (SSSR count). The molecule has 0 fully saturated rings. The topological polar surface area (TPSA) is 74.7 Å². The SMILES string of the molecule is CCC(O)CN(c1ccccc1)S(=O)(=O)c1ccc(C(C)=O)cc1. The van der Waals surface area contributed by atoms with E-state index in [9.17, 15) is 18.3 Å². The van der Waals surface area contributed by atoms with E-state index in [1.807, 2.05) is 0 Å². The summed E-state index contributed by atoms with van der Waals surface area (Å²) < 4.78 is 27.2. The van der Waals surface area contributed by atoms with Crippen LogP contribution in [0.5, 0.6) is 0 Å². The van der Waals surface area contributed by atoms with Crippen LogP contribution in [0, 0.1) is 0 Å². The van der Waals surface area contributed by atoms with Crippen molar-refractivity contribution < 1.29 is 18.3 Å². The molecule has 0 radical (unpaired) electrons. The van der Waals surface area contributed by atoms with E-state index in [0.717, 1.165) is 0 Å². The molecule has 1 unspecified atom stereocenters.